The van der Waals surface area contributed by atoms with E-state index in [2.05, 4.69) is 16.0 Å². The fourth-order valence-corrected chi connectivity index (χ4v) is 5.05. The summed E-state index contributed by atoms with van der Waals surface area (Å²) in [5, 5.41) is 0. The fourth-order valence-electron chi connectivity index (χ4n) is 5.05. The molecule has 6 heteroatoms. The van der Waals surface area contributed by atoms with Gasteiger partial charge in [0.2, 0.25) is 0 Å². The lowest BCUT2D eigenvalue weighted by molar-refractivity contribution is -0.152. The van der Waals surface area contributed by atoms with Gasteiger partial charge < -0.3 is 9.64 Å². The van der Waals surface area contributed by atoms with Gasteiger partial charge in [0.15, 0.2) is 5.67 Å². The summed E-state index contributed by atoms with van der Waals surface area (Å²) in [4.78, 5) is 21.0. The number of alkyl halides is 1. The molecular weight excluding hydrogens is 345 g/mol. The van der Waals surface area contributed by atoms with E-state index < -0.39 is 5.67 Å². The molecule has 1 aromatic rings. The quantitative estimate of drug-likeness (QED) is 0.794. The second-order valence-electron chi connectivity index (χ2n) is 8.69. The lowest BCUT2D eigenvalue weighted by atomic mass is 9.75. The molecule has 2 saturated heterocycles. The topological polar surface area (TPSA) is 45.7 Å². The Morgan fingerprint density at radius 3 is 2.70 bits per heavy atom. The van der Waals surface area contributed by atoms with Crippen molar-refractivity contribution in [2.75, 3.05) is 33.4 Å². The first-order chi connectivity index (χ1) is 13.0. The van der Waals surface area contributed by atoms with E-state index >= 15 is 0 Å². The molecule has 0 N–H and O–H groups in total. The number of likely N-dealkylation sites (tertiary alicyclic amines) is 2. The van der Waals surface area contributed by atoms with Crippen LogP contribution in [0.25, 0.3) is 0 Å². The molecule has 2 aliphatic heterocycles. The van der Waals surface area contributed by atoms with Crippen molar-refractivity contribution in [3.05, 3.63) is 30.1 Å². The minimum absolute atomic E-state index is 0.214. The van der Waals surface area contributed by atoms with Crippen LogP contribution in [0.2, 0.25) is 0 Å². The highest BCUT2D eigenvalue weighted by Crippen LogP contribution is 2.45. The van der Waals surface area contributed by atoms with Crippen molar-refractivity contribution in [2.45, 2.75) is 56.8 Å². The maximum atomic E-state index is 14.5. The maximum absolute atomic E-state index is 14.5. The number of methoxy groups -OCH3 is 1. The van der Waals surface area contributed by atoms with Crippen LogP contribution in [-0.2, 0) is 16.1 Å². The van der Waals surface area contributed by atoms with Crippen LogP contribution in [0.5, 0.6) is 0 Å². The van der Waals surface area contributed by atoms with Crippen LogP contribution in [0.15, 0.2) is 24.5 Å². The smallest absolute Gasteiger partial charge is 0.260 e. The minimum Gasteiger partial charge on any atom is -0.383 e. The van der Waals surface area contributed by atoms with Crippen molar-refractivity contribution in [3.8, 4) is 0 Å². The molecule has 27 heavy (non-hydrogen) atoms. The molecule has 1 spiro atoms. The van der Waals surface area contributed by atoms with E-state index in [9.17, 15) is 9.18 Å². The molecule has 5 nitrogen and oxygen atoms in total. The highest BCUT2D eigenvalue weighted by molar-refractivity contribution is 5.86. The van der Waals surface area contributed by atoms with E-state index in [0.717, 1.165) is 45.4 Å². The first-order valence-electron chi connectivity index (χ1n) is 10.1. The molecule has 1 atom stereocenters. The molecular formula is C21H30FN3O2. The minimum atomic E-state index is -1.56. The third kappa shape index (κ3) is 3.74. The Morgan fingerprint density at radius 2 is 2.11 bits per heavy atom. The Kier molecular flexibility index (Phi) is 5.21. The largest absolute Gasteiger partial charge is 0.383 e. The van der Waals surface area contributed by atoms with Gasteiger partial charge in [0.1, 0.15) is 0 Å². The number of aromatic nitrogens is 1. The highest BCUT2D eigenvalue weighted by Gasteiger charge is 2.50. The molecule has 1 amide bonds. The summed E-state index contributed by atoms with van der Waals surface area (Å²) in [6.07, 6.45) is 8.37. The molecule has 148 valence electrons. The predicted octanol–water partition coefficient (Wildman–Crippen LogP) is 2.80. The second-order valence-corrected chi connectivity index (χ2v) is 8.69. The molecule has 3 heterocycles. The first kappa shape index (κ1) is 18.8. The second kappa shape index (κ2) is 7.47. The zero-order chi connectivity index (χ0) is 18.9. The number of ether oxygens (including phenoxy) is 1. The van der Waals surface area contributed by atoms with Crippen molar-refractivity contribution in [1.29, 1.82) is 0 Å². The third-order valence-electron chi connectivity index (χ3n) is 6.83. The fraction of sp³-hybridized carbons (Fsp3) is 0.714. The predicted molar refractivity (Wildman–Crippen MR) is 101 cm³/mol. The van der Waals surface area contributed by atoms with Crippen molar-refractivity contribution in [1.82, 2.24) is 14.8 Å². The van der Waals surface area contributed by atoms with E-state index in [-0.39, 0.29) is 11.3 Å². The Morgan fingerprint density at radius 1 is 1.33 bits per heavy atom. The van der Waals surface area contributed by atoms with Gasteiger partial charge in [-0.1, -0.05) is 6.07 Å². The number of hydrogen-bond acceptors (Lipinski definition) is 4. The van der Waals surface area contributed by atoms with Gasteiger partial charge in [-0.25, -0.2) is 4.39 Å². The van der Waals surface area contributed by atoms with E-state index in [1.807, 2.05) is 12.3 Å². The number of hydrogen-bond donors (Lipinski definition) is 0. The van der Waals surface area contributed by atoms with E-state index in [4.69, 9.17) is 4.74 Å². The van der Waals surface area contributed by atoms with E-state index in [1.54, 1.807) is 18.2 Å². The lowest BCUT2D eigenvalue weighted by Crippen LogP contribution is -2.54. The molecule has 0 unspecified atom stereocenters. The zero-order valence-corrected chi connectivity index (χ0v) is 16.2. The van der Waals surface area contributed by atoms with Crippen molar-refractivity contribution in [3.63, 3.8) is 0 Å². The zero-order valence-electron chi connectivity index (χ0n) is 16.2. The van der Waals surface area contributed by atoms with Gasteiger partial charge in [-0.05, 0) is 55.6 Å². The SMILES string of the molecule is COC[C@H]1CC2(CCN(C(=O)C3(F)CCC3)CC2)CN1Cc1cccnc1. The standard InChI is InChI=1S/C21H30FN3O2/c1-27-15-18-12-20(16-25(18)14-17-4-2-9-23-13-17)7-10-24(11-8-20)19(26)21(22)5-3-6-21/h2,4,9,13,18H,3,5-8,10-12,14-16H2,1H3/t18-/m1/s1. The van der Waals surface area contributed by atoms with Gasteiger partial charge in [0, 0.05) is 51.7 Å². The number of nitrogens with zero attached hydrogens (tertiary/aromatic N) is 3. The summed E-state index contributed by atoms with van der Waals surface area (Å²) in [5.41, 5.74) is -0.135. The summed E-state index contributed by atoms with van der Waals surface area (Å²) in [6, 6.07) is 4.48. The summed E-state index contributed by atoms with van der Waals surface area (Å²) in [6.45, 7) is 3.98. The van der Waals surface area contributed by atoms with Crippen molar-refractivity contribution < 1.29 is 13.9 Å². The Balaban J connectivity index is 1.39. The maximum Gasteiger partial charge on any atom is 0.260 e. The molecule has 0 bridgehead atoms. The lowest BCUT2D eigenvalue weighted by Gasteiger charge is -2.43. The molecule has 1 saturated carbocycles. The van der Waals surface area contributed by atoms with Crippen LogP contribution in [-0.4, -0.2) is 65.8 Å². The van der Waals surface area contributed by atoms with Crippen molar-refractivity contribution >= 4 is 5.91 Å². The van der Waals surface area contributed by atoms with E-state index in [1.165, 1.54) is 5.56 Å². The Bertz CT molecular complexity index is 657. The van der Waals surface area contributed by atoms with Crippen molar-refractivity contribution in [2.24, 2.45) is 5.41 Å². The number of piperidine rings is 1. The molecule has 1 aromatic heterocycles. The monoisotopic (exact) mass is 375 g/mol. The van der Waals surface area contributed by atoms with Gasteiger partial charge in [0.25, 0.3) is 5.91 Å². The van der Waals surface area contributed by atoms with E-state index in [0.29, 0.717) is 32.0 Å². The number of carbonyl (C=O) groups is 1. The highest BCUT2D eigenvalue weighted by atomic mass is 19.1. The van der Waals surface area contributed by atoms with Gasteiger partial charge >= 0.3 is 0 Å². The summed E-state index contributed by atoms with van der Waals surface area (Å²) in [7, 11) is 1.76. The van der Waals surface area contributed by atoms with Crippen LogP contribution < -0.4 is 0 Å². The first-order valence-corrected chi connectivity index (χ1v) is 10.1. The van der Waals surface area contributed by atoms with Crippen LogP contribution in [0.4, 0.5) is 4.39 Å². The summed E-state index contributed by atoms with van der Waals surface area (Å²) in [5.74, 6) is -0.262. The number of carbonyl (C=O) groups excluding carboxylic acids is 1. The average Bonchev–Trinajstić information content (AvgIpc) is 2.97. The third-order valence-corrected chi connectivity index (χ3v) is 6.83. The number of pyridine rings is 1. The molecule has 4 rings (SSSR count). The molecule has 3 fully saturated rings. The van der Waals surface area contributed by atoms with Gasteiger partial charge in [-0.15, -0.1) is 0 Å². The van der Waals surface area contributed by atoms with Crippen LogP contribution in [0, 0.1) is 5.41 Å². The number of halogens is 1. The van der Waals surface area contributed by atoms with Gasteiger partial charge in [-0.3, -0.25) is 14.7 Å². The Labute approximate surface area is 160 Å². The summed E-state index contributed by atoms with van der Waals surface area (Å²) >= 11 is 0. The molecule has 0 aromatic carbocycles. The summed E-state index contributed by atoms with van der Waals surface area (Å²) < 4.78 is 20.0. The normalized spacial score (nSPS) is 26.9. The van der Waals surface area contributed by atoms with Crippen LogP contribution >= 0.6 is 0 Å². The average molecular weight is 375 g/mol. The Hall–Kier alpha value is -1.53. The number of rotatable bonds is 5. The van der Waals surface area contributed by atoms with Crippen LogP contribution in [0.3, 0.4) is 0 Å². The molecule has 1 aliphatic carbocycles. The molecule has 3 aliphatic rings. The molecule has 0 radical (unpaired) electrons. The van der Waals surface area contributed by atoms with Gasteiger partial charge in [0.05, 0.1) is 6.61 Å². The number of amides is 1. The van der Waals surface area contributed by atoms with Crippen LogP contribution in [0.1, 0.15) is 44.1 Å². The van der Waals surface area contributed by atoms with Gasteiger partial charge in [-0.2, -0.15) is 0 Å².